The summed E-state index contributed by atoms with van der Waals surface area (Å²) in [4.78, 5) is 4.06. The summed E-state index contributed by atoms with van der Waals surface area (Å²) in [6, 6.07) is 13.6. The van der Waals surface area contributed by atoms with E-state index in [1.54, 1.807) is 30.7 Å². The van der Waals surface area contributed by atoms with Crippen molar-refractivity contribution in [2.45, 2.75) is 6.04 Å². The smallest absolute Gasteiger partial charge is 0.141 e. The molecule has 3 aromatic rings. The van der Waals surface area contributed by atoms with Crippen LogP contribution in [-0.4, -0.2) is 9.55 Å². The van der Waals surface area contributed by atoms with Crippen LogP contribution in [0.2, 0.25) is 5.02 Å². The van der Waals surface area contributed by atoms with Crippen LogP contribution in [0.4, 0.5) is 4.39 Å². The van der Waals surface area contributed by atoms with Gasteiger partial charge in [-0.3, -0.25) is 0 Å². The molecule has 108 valence electrons. The van der Waals surface area contributed by atoms with Gasteiger partial charge in [-0.15, -0.1) is 0 Å². The number of imidazole rings is 1. The zero-order chi connectivity index (χ0) is 15.5. The molecule has 0 aliphatic carbocycles. The quantitative estimate of drug-likeness (QED) is 0.728. The summed E-state index contributed by atoms with van der Waals surface area (Å²) in [7, 11) is 0. The van der Waals surface area contributed by atoms with E-state index in [0.29, 0.717) is 5.02 Å². The molecule has 3 nitrogen and oxygen atoms in total. The Morgan fingerprint density at radius 1 is 1.14 bits per heavy atom. The fourth-order valence-corrected chi connectivity index (χ4v) is 2.52. The van der Waals surface area contributed by atoms with Gasteiger partial charge >= 0.3 is 0 Å². The van der Waals surface area contributed by atoms with Gasteiger partial charge in [-0.25, -0.2) is 9.37 Å². The van der Waals surface area contributed by atoms with Crippen molar-refractivity contribution in [3.05, 3.63) is 88.7 Å². The van der Waals surface area contributed by atoms with Crippen molar-refractivity contribution in [2.75, 3.05) is 0 Å². The van der Waals surface area contributed by atoms with Crippen LogP contribution >= 0.6 is 11.6 Å². The van der Waals surface area contributed by atoms with E-state index in [0.717, 1.165) is 11.1 Å². The highest BCUT2D eigenvalue weighted by molar-refractivity contribution is 6.30. The van der Waals surface area contributed by atoms with Crippen molar-refractivity contribution >= 4 is 11.6 Å². The monoisotopic (exact) mass is 311 g/mol. The minimum Gasteiger partial charge on any atom is -0.326 e. The Morgan fingerprint density at radius 3 is 2.45 bits per heavy atom. The van der Waals surface area contributed by atoms with Crippen molar-refractivity contribution < 1.29 is 4.39 Å². The number of hydrogen-bond donors (Lipinski definition) is 0. The maximum absolute atomic E-state index is 14.0. The van der Waals surface area contributed by atoms with Gasteiger partial charge in [0.05, 0.1) is 17.9 Å². The summed E-state index contributed by atoms with van der Waals surface area (Å²) in [5, 5.41) is 9.50. The summed E-state index contributed by atoms with van der Waals surface area (Å²) in [5.41, 5.74) is 1.72. The Hall–Kier alpha value is -2.64. The van der Waals surface area contributed by atoms with E-state index in [2.05, 4.69) is 4.98 Å². The van der Waals surface area contributed by atoms with Gasteiger partial charge in [0, 0.05) is 17.4 Å². The molecule has 0 amide bonds. The van der Waals surface area contributed by atoms with Gasteiger partial charge in [0.15, 0.2) is 0 Å². The predicted octanol–water partition coefficient (Wildman–Crippen LogP) is 4.18. The molecule has 0 saturated carbocycles. The highest BCUT2D eigenvalue weighted by Crippen LogP contribution is 2.28. The number of halogens is 2. The van der Waals surface area contributed by atoms with Gasteiger partial charge in [0.2, 0.25) is 0 Å². The number of aromatic nitrogens is 2. The van der Waals surface area contributed by atoms with Gasteiger partial charge in [-0.2, -0.15) is 5.26 Å². The number of nitriles is 1. The van der Waals surface area contributed by atoms with Crippen LogP contribution in [-0.2, 0) is 0 Å². The van der Waals surface area contributed by atoms with Crippen molar-refractivity contribution in [3.63, 3.8) is 0 Å². The first-order valence-electron chi connectivity index (χ1n) is 6.61. The fraction of sp³-hybridized carbons (Fsp3) is 0.0588. The summed E-state index contributed by atoms with van der Waals surface area (Å²) in [6.07, 6.45) is 5.16. The summed E-state index contributed by atoms with van der Waals surface area (Å²) in [6.45, 7) is 0. The lowest BCUT2D eigenvalue weighted by Gasteiger charge is -2.20. The molecule has 1 atom stereocenters. The van der Waals surface area contributed by atoms with Crippen LogP contribution in [0.1, 0.15) is 22.7 Å². The lowest BCUT2D eigenvalue weighted by molar-refractivity contribution is 0.611. The average Bonchev–Trinajstić information content (AvgIpc) is 3.04. The largest absolute Gasteiger partial charge is 0.326 e. The Morgan fingerprint density at radius 2 is 1.86 bits per heavy atom. The fourth-order valence-electron chi connectivity index (χ4n) is 2.40. The first kappa shape index (κ1) is 14.3. The van der Waals surface area contributed by atoms with E-state index >= 15 is 0 Å². The second-order valence-corrected chi connectivity index (χ2v) is 5.25. The SMILES string of the molecule is N#Cc1ccc(C(c2ccc(Cl)cc2)n2ccnc2)cc1F. The van der Waals surface area contributed by atoms with E-state index in [4.69, 9.17) is 16.9 Å². The second kappa shape index (κ2) is 6.00. The normalized spacial score (nSPS) is 11.9. The van der Waals surface area contributed by atoms with Crippen molar-refractivity contribution in [1.82, 2.24) is 9.55 Å². The minimum absolute atomic E-state index is 0.0317. The third kappa shape index (κ3) is 2.72. The topological polar surface area (TPSA) is 41.6 Å². The molecule has 0 fully saturated rings. The Kier molecular flexibility index (Phi) is 3.90. The van der Waals surface area contributed by atoms with Crippen LogP contribution in [0.3, 0.4) is 0 Å². The first-order chi connectivity index (χ1) is 10.7. The molecular weight excluding hydrogens is 301 g/mol. The molecule has 0 bridgehead atoms. The molecule has 0 radical (unpaired) electrons. The van der Waals surface area contributed by atoms with Crippen molar-refractivity contribution in [1.29, 1.82) is 5.26 Å². The van der Waals surface area contributed by atoms with E-state index < -0.39 is 5.82 Å². The number of nitrogens with zero attached hydrogens (tertiary/aromatic N) is 3. The average molecular weight is 312 g/mol. The van der Waals surface area contributed by atoms with Gasteiger partial charge in [-0.05, 0) is 35.4 Å². The molecule has 22 heavy (non-hydrogen) atoms. The van der Waals surface area contributed by atoms with E-state index in [1.165, 1.54) is 12.1 Å². The Balaban J connectivity index is 2.12. The molecule has 2 aromatic carbocycles. The first-order valence-corrected chi connectivity index (χ1v) is 6.99. The standard InChI is InChI=1S/C17H11ClFN3/c18-15-5-3-12(4-6-15)17(22-8-7-21-11-22)13-1-2-14(10-20)16(19)9-13/h1-9,11,17H. The second-order valence-electron chi connectivity index (χ2n) is 4.82. The molecule has 0 aliphatic rings. The van der Waals surface area contributed by atoms with Gasteiger partial charge in [0.1, 0.15) is 11.9 Å². The van der Waals surface area contributed by atoms with Gasteiger partial charge < -0.3 is 4.57 Å². The maximum atomic E-state index is 14.0. The Labute approximate surface area is 132 Å². The molecule has 0 N–H and O–H groups in total. The minimum atomic E-state index is -0.529. The van der Waals surface area contributed by atoms with Gasteiger partial charge in [-0.1, -0.05) is 29.8 Å². The predicted molar refractivity (Wildman–Crippen MR) is 82.0 cm³/mol. The van der Waals surface area contributed by atoms with E-state index in [-0.39, 0.29) is 11.6 Å². The van der Waals surface area contributed by atoms with Crippen LogP contribution in [0.15, 0.2) is 61.2 Å². The lowest BCUT2D eigenvalue weighted by Crippen LogP contribution is -2.11. The number of hydrogen-bond acceptors (Lipinski definition) is 2. The van der Waals surface area contributed by atoms with Gasteiger partial charge in [0.25, 0.3) is 0 Å². The molecule has 1 heterocycles. The zero-order valence-electron chi connectivity index (χ0n) is 11.4. The molecule has 1 aromatic heterocycles. The summed E-state index contributed by atoms with van der Waals surface area (Å²) < 4.78 is 15.8. The van der Waals surface area contributed by atoms with Crippen molar-refractivity contribution in [2.24, 2.45) is 0 Å². The van der Waals surface area contributed by atoms with Crippen molar-refractivity contribution in [3.8, 4) is 6.07 Å². The molecule has 0 saturated heterocycles. The summed E-state index contributed by atoms with van der Waals surface area (Å²) >= 11 is 5.94. The lowest BCUT2D eigenvalue weighted by atomic mass is 9.97. The van der Waals surface area contributed by atoms with Crippen LogP contribution in [0.25, 0.3) is 0 Å². The zero-order valence-corrected chi connectivity index (χ0v) is 12.2. The molecular formula is C17H11ClFN3. The Bertz CT molecular complexity index is 820. The number of rotatable bonds is 3. The summed E-state index contributed by atoms with van der Waals surface area (Å²) in [5.74, 6) is -0.529. The molecule has 5 heteroatoms. The van der Waals surface area contributed by atoms with Crippen LogP contribution < -0.4 is 0 Å². The molecule has 0 aliphatic heterocycles. The van der Waals surface area contributed by atoms with E-state index in [9.17, 15) is 4.39 Å². The highest BCUT2D eigenvalue weighted by Gasteiger charge is 2.17. The van der Waals surface area contributed by atoms with Crippen LogP contribution in [0.5, 0.6) is 0 Å². The number of benzene rings is 2. The molecule has 0 spiro atoms. The molecule has 1 unspecified atom stereocenters. The highest BCUT2D eigenvalue weighted by atomic mass is 35.5. The molecule has 3 rings (SSSR count). The third-order valence-corrected chi connectivity index (χ3v) is 3.69. The third-order valence-electron chi connectivity index (χ3n) is 3.44. The van der Waals surface area contributed by atoms with Crippen LogP contribution in [0, 0.1) is 17.1 Å². The van der Waals surface area contributed by atoms with E-state index in [1.807, 2.05) is 29.0 Å². The maximum Gasteiger partial charge on any atom is 0.141 e.